The zero-order valence-electron chi connectivity index (χ0n) is 15.8. The van der Waals surface area contributed by atoms with Crippen LogP contribution in [0.15, 0.2) is 61.2 Å². The minimum atomic E-state index is -0.680. The van der Waals surface area contributed by atoms with Crippen molar-refractivity contribution in [2.45, 2.75) is 33.0 Å². The van der Waals surface area contributed by atoms with Crippen molar-refractivity contribution in [2.24, 2.45) is 0 Å². The van der Waals surface area contributed by atoms with E-state index in [1.165, 1.54) is 13.3 Å². The molecule has 0 aliphatic heterocycles. The van der Waals surface area contributed by atoms with Gasteiger partial charge < -0.3 is 10.1 Å². The Morgan fingerprint density at radius 2 is 1.93 bits per heavy atom. The summed E-state index contributed by atoms with van der Waals surface area (Å²) in [5, 5.41) is 6.97. The summed E-state index contributed by atoms with van der Waals surface area (Å²) < 4.78 is 7.41. The zero-order valence-corrected chi connectivity index (χ0v) is 15.8. The van der Waals surface area contributed by atoms with Crippen LogP contribution in [0.3, 0.4) is 0 Å². The van der Waals surface area contributed by atoms with Gasteiger partial charge in [-0.1, -0.05) is 36.4 Å². The molecule has 0 aliphatic carbocycles. The molecule has 0 spiro atoms. The normalized spacial score (nSPS) is 11.6. The highest BCUT2D eigenvalue weighted by Gasteiger charge is 2.15. The highest BCUT2D eigenvalue weighted by Crippen LogP contribution is 2.15. The summed E-state index contributed by atoms with van der Waals surface area (Å²) in [7, 11) is 0. The van der Waals surface area contributed by atoms with Crippen LogP contribution in [0.4, 0.5) is 0 Å². The molecule has 0 saturated heterocycles. The van der Waals surface area contributed by atoms with Crippen LogP contribution in [0, 0.1) is 0 Å². The summed E-state index contributed by atoms with van der Waals surface area (Å²) in [5.74, 6) is 0.216. The number of nitrogens with one attached hydrogen (secondary N) is 1. The molecule has 0 saturated carbocycles. The minimum absolute atomic E-state index is 0.0478. The van der Waals surface area contributed by atoms with E-state index in [0.717, 1.165) is 11.1 Å². The van der Waals surface area contributed by atoms with Gasteiger partial charge in [0.25, 0.3) is 5.91 Å². The molecule has 144 valence electrons. The first-order valence-corrected chi connectivity index (χ1v) is 8.97. The van der Waals surface area contributed by atoms with Gasteiger partial charge in [-0.25, -0.2) is 9.67 Å². The van der Waals surface area contributed by atoms with Crippen molar-refractivity contribution in [1.82, 2.24) is 20.1 Å². The summed E-state index contributed by atoms with van der Waals surface area (Å²) in [6.07, 6.45) is 2.48. The topological polar surface area (TPSA) is 86.1 Å². The van der Waals surface area contributed by atoms with Gasteiger partial charge in [-0.3, -0.25) is 9.59 Å². The lowest BCUT2D eigenvalue weighted by atomic mass is 10.1. The lowest BCUT2D eigenvalue weighted by molar-refractivity contribution is -0.127. The summed E-state index contributed by atoms with van der Waals surface area (Å²) in [6, 6.07) is 14.7. The molecule has 1 atom stereocenters. The molecule has 1 amide bonds. The van der Waals surface area contributed by atoms with E-state index in [2.05, 4.69) is 15.4 Å². The molecular weight excluding hydrogens is 356 g/mol. The molecule has 0 radical (unpaired) electrons. The Kier molecular flexibility index (Phi) is 6.16. The number of benzene rings is 2. The van der Waals surface area contributed by atoms with Crippen LogP contribution < -0.4 is 10.1 Å². The maximum absolute atomic E-state index is 12.4. The van der Waals surface area contributed by atoms with E-state index in [1.54, 1.807) is 42.2 Å². The first-order chi connectivity index (χ1) is 13.5. The smallest absolute Gasteiger partial charge is 0.261 e. The minimum Gasteiger partial charge on any atom is -0.481 e. The number of nitrogens with zero attached hydrogens (tertiary/aromatic N) is 3. The van der Waals surface area contributed by atoms with E-state index >= 15 is 0 Å². The van der Waals surface area contributed by atoms with Gasteiger partial charge in [0.2, 0.25) is 0 Å². The van der Waals surface area contributed by atoms with Crippen molar-refractivity contribution in [2.75, 3.05) is 0 Å². The van der Waals surface area contributed by atoms with Crippen LogP contribution in [-0.4, -0.2) is 32.6 Å². The summed E-state index contributed by atoms with van der Waals surface area (Å²) >= 11 is 0. The molecule has 1 aromatic heterocycles. The molecule has 0 aliphatic rings. The molecule has 1 heterocycles. The standard InChI is InChI=1S/C21H22N4O3/c1-15(26)19-7-4-8-20(10-19)28-16(2)21(27)23-11-17-5-3-6-18(9-17)12-25-14-22-13-24-25/h3-10,13-14,16H,11-12H2,1-2H3,(H,23,27). The van der Waals surface area contributed by atoms with Crippen molar-refractivity contribution < 1.29 is 14.3 Å². The Morgan fingerprint density at radius 3 is 2.68 bits per heavy atom. The average Bonchev–Trinajstić information content (AvgIpc) is 3.19. The van der Waals surface area contributed by atoms with E-state index in [0.29, 0.717) is 24.4 Å². The SMILES string of the molecule is CC(=O)c1cccc(OC(C)C(=O)NCc2cccc(Cn3cncn3)c2)c1. The predicted octanol–water partition coefficient (Wildman–Crippen LogP) is 2.61. The highest BCUT2D eigenvalue weighted by molar-refractivity contribution is 5.94. The number of aromatic nitrogens is 3. The van der Waals surface area contributed by atoms with Gasteiger partial charge in [-0.2, -0.15) is 5.10 Å². The molecule has 2 aromatic carbocycles. The molecule has 7 nitrogen and oxygen atoms in total. The summed E-state index contributed by atoms with van der Waals surface area (Å²) in [6.45, 7) is 4.18. The van der Waals surface area contributed by atoms with Crippen LogP contribution in [0.5, 0.6) is 5.75 Å². The molecule has 3 aromatic rings. The summed E-state index contributed by atoms with van der Waals surface area (Å²) in [4.78, 5) is 27.7. The third-order valence-electron chi connectivity index (χ3n) is 4.19. The fourth-order valence-electron chi connectivity index (χ4n) is 2.72. The Hall–Kier alpha value is -3.48. The van der Waals surface area contributed by atoms with E-state index < -0.39 is 6.10 Å². The van der Waals surface area contributed by atoms with Gasteiger partial charge in [0.1, 0.15) is 18.4 Å². The monoisotopic (exact) mass is 378 g/mol. The van der Waals surface area contributed by atoms with E-state index in [9.17, 15) is 9.59 Å². The Morgan fingerprint density at radius 1 is 1.14 bits per heavy atom. The third kappa shape index (κ3) is 5.26. The van der Waals surface area contributed by atoms with Crippen molar-refractivity contribution in [3.05, 3.63) is 77.9 Å². The lowest BCUT2D eigenvalue weighted by Crippen LogP contribution is -2.35. The molecule has 0 fully saturated rings. The number of Topliss-reactive ketones (excluding diaryl/α,β-unsaturated/α-hetero) is 1. The maximum atomic E-state index is 12.4. The number of hydrogen-bond acceptors (Lipinski definition) is 5. The number of rotatable bonds is 8. The van der Waals surface area contributed by atoms with E-state index in [-0.39, 0.29) is 11.7 Å². The van der Waals surface area contributed by atoms with Gasteiger partial charge in [0, 0.05) is 12.1 Å². The van der Waals surface area contributed by atoms with Crippen LogP contribution in [0.1, 0.15) is 35.3 Å². The van der Waals surface area contributed by atoms with Crippen molar-refractivity contribution in [1.29, 1.82) is 0 Å². The summed E-state index contributed by atoms with van der Waals surface area (Å²) in [5.41, 5.74) is 2.61. The predicted molar refractivity (Wildman–Crippen MR) is 104 cm³/mol. The van der Waals surface area contributed by atoms with Gasteiger partial charge in [0.05, 0.1) is 6.54 Å². The molecule has 3 rings (SSSR count). The fraction of sp³-hybridized carbons (Fsp3) is 0.238. The van der Waals surface area contributed by atoms with E-state index in [1.807, 2.05) is 24.3 Å². The zero-order chi connectivity index (χ0) is 19.9. The Balaban J connectivity index is 1.54. The lowest BCUT2D eigenvalue weighted by Gasteiger charge is -2.15. The second kappa shape index (κ2) is 8.94. The Bertz CT molecular complexity index is 954. The Labute approximate surface area is 163 Å². The van der Waals surface area contributed by atoms with Crippen LogP contribution in [0.2, 0.25) is 0 Å². The largest absolute Gasteiger partial charge is 0.481 e. The van der Waals surface area contributed by atoms with Crippen LogP contribution in [-0.2, 0) is 17.9 Å². The highest BCUT2D eigenvalue weighted by atomic mass is 16.5. The fourth-order valence-corrected chi connectivity index (χ4v) is 2.72. The molecule has 0 bridgehead atoms. The van der Waals surface area contributed by atoms with Crippen molar-refractivity contribution >= 4 is 11.7 Å². The average molecular weight is 378 g/mol. The van der Waals surface area contributed by atoms with Gasteiger partial charge in [-0.05, 0) is 37.1 Å². The van der Waals surface area contributed by atoms with Gasteiger partial charge >= 0.3 is 0 Å². The number of amides is 1. The third-order valence-corrected chi connectivity index (χ3v) is 4.19. The van der Waals surface area contributed by atoms with Gasteiger partial charge in [-0.15, -0.1) is 0 Å². The van der Waals surface area contributed by atoms with Gasteiger partial charge in [0.15, 0.2) is 11.9 Å². The first-order valence-electron chi connectivity index (χ1n) is 8.97. The number of ether oxygens (including phenoxy) is 1. The molecule has 28 heavy (non-hydrogen) atoms. The number of hydrogen-bond donors (Lipinski definition) is 1. The molecule has 1 unspecified atom stereocenters. The molecule has 7 heteroatoms. The van der Waals surface area contributed by atoms with Crippen LogP contribution >= 0.6 is 0 Å². The number of carbonyl (C=O) groups excluding carboxylic acids is 2. The maximum Gasteiger partial charge on any atom is 0.261 e. The second-order valence-electron chi connectivity index (χ2n) is 6.47. The number of ketones is 1. The van der Waals surface area contributed by atoms with Crippen LogP contribution in [0.25, 0.3) is 0 Å². The van der Waals surface area contributed by atoms with E-state index in [4.69, 9.17) is 4.74 Å². The molecule has 1 N–H and O–H groups in total. The van der Waals surface area contributed by atoms with Crippen molar-refractivity contribution in [3.8, 4) is 5.75 Å². The first kappa shape index (κ1) is 19.3. The quantitative estimate of drug-likeness (QED) is 0.609. The second-order valence-corrected chi connectivity index (χ2v) is 6.47. The van der Waals surface area contributed by atoms with Crippen molar-refractivity contribution in [3.63, 3.8) is 0 Å². The number of carbonyl (C=O) groups is 2. The molecular formula is C21H22N4O3.